The molecule has 2 saturated carbocycles. The number of Topliss-reactive ketones (excluding diaryl/α,β-unsaturated/α-hetero) is 1. The van der Waals surface area contributed by atoms with E-state index in [9.17, 15) is 4.79 Å². The zero-order valence-corrected chi connectivity index (χ0v) is 9.46. The number of hydrogen-bond acceptors (Lipinski definition) is 1. The van der Waals surface area contributed by atoms with Gasteiger partial charge in [0.05, 0.1) is 0 Å². The molecule has 0 saturated heterocycles. The Kier molecular flexibility index (Phi) is 2.94. The quantitative estimate of drug-likeness (QED) is 0.625. The second kappa shape index (κ2) is 4.04. The molecule has 14 heavy (non-hydrogen) atoms. The third-order valence-corrected chi connectivity index (χ3v) is 4.28. The van der Waals surface area contributed by atoms with Crippen molar-refractivity contribution in [3.8, 4) is 0 Å². The van der Waals surface area contributed by atoms with Crippen molar-refractivity contribution in [3.05, 3.63) is 0 Å². The molecule has 3 unspecified atom stereocenters. The fraction of sp³-hybridized carbons (Fsp3) is 0.923. The molecule has 0 aromatic heterocycles. The predicted octanol–water partition coefficient (Wildman–Crippen LogP) is 3.43. The minimum Gasteiger partial charge on any atom is -0.299 e. The maximum atomic E-state index is 11.9. The number of hydrogen-bond donors (Lipinski definition) is 0. The first-order chi connectivity index (χ1) is 6.70. The molecule has 0 aromatic rings. The van der Waals surface area contributed by atoms with Crippen molar-refractivity contribution >= 4 is 5.78 Å². The number of rotatable bonds is 1. The first-order valence-corrected chi connectivity index (χ1v) is 6.23. The second-order valence-corrected chi connectivity index (χ2v) is 5.48. The van der Waals surface area contributed by atoms with Gasteiger partial charge in [0.1, 0.15) is 5.78 Å². The van der Waals surface area contributed by atoms with Gasteiger partial charge in [0, 0.05) is 12.3 Å². The Morgan fingerprint density at radius 3 is 2.57 bits per heavy atom. The molecule has 2 aliphatic rings. The van der Waals surface area contributed by atoms with E-state index in [2.05, 4.69) is 13.8 Å². The summed E-state index contributed by atoms with van der Waals surface area (Å²) in [5, 5.41) is 0. The molecule has 0 radical (unpaired) electrons. The zero-order valence-electron chi connectivity index (χ0n) is 9.46. The zero-order chi connectivity index (χ0) is 10.1. The van der Waals surface area contributed by atoms with Gasteiger partial charge in [-0.2, -0.15) is 0 Å². The van der Waals surface area contributed by atoms with Gasteiger partial charge in [0.2, 0.25) is 0 Å². The van der Waals surface area contributed by atoms with Crippen LogP contribution in [0.25, 0.3) is 0 Å². The van der Waals surface area contributed by atoms with Crippen LogP contribution in [0.4, 0.5) is 0 Å². The molecule has 2 aliphatic carbocycles. The van der Waals surface area contributed by atoms with Gasteiger partial charge in [-0.05, 0) is 30.6 Å². The van der Waals surface area contributed by atoms with E-state index in [0.717, 1.165) is 18.3 Å². The van der Waals surface area contributed by atoms with Crippen molar-refractivity contribution in [1.82, 2.24) is 0 Å². The minimum atomic E-state index is 0.397. The molecule has 1 nitrogen and oxygen atoms in total. The van der Waals surface area contributed by atoms with E-state index in [4.69, 9.17) is 0 Å². The van der Waals surface area contributed by atoms with Crippen LogP contribution >= 0.6 is 0 Å². The lowest BCUT2D eigenvalue weighted by Crippen LogP contribution is -2.39. The van der Waals surface area contributed by atoms with E-state index in [1.165, 1.54) is 32.1 Å². The summed E-state index contributed by atoms with van der Waals surface area (Å²) < 4.78 is 0. The van der Waals surface area contributed by atoms with Gasteiger partial charge in [0.25, 0.3) is 0 Å². The summed E-state index contributed by atoms with van der Waals surface area (Å²) in [6.45, 7) is 4.44. The van der Waals surface area contributed by atoms with E-state index >= 15 is 0 Å². The predicted molar refractivity (Wildman–Crippen MR) is 58.0 cm³/mol. The van der Waals surface area contributed by atoms with Crippen LogP contribution in [0.1, 0.15) is 52.4 Å². The maximum Gasteiger partial charge on any atom is 0.136 e. The number of fused-ring (bicyclic) bond motifs is 1. The second-order valence-electron chi connectivity index (χ2n) is 5.48. The summed E-state index contributed by atoms with van der Waals surface area (Å²) in [7, 11) is 0. The fourth-order valence-electron chi connectivity index (χ4n) is 3.67. The topological polar surface area (TPSA) is 17.1 Å². The van der Waals surface area contributed by atoms with Crippen LogP contribution in [0, 0.1) is 23.7 Å². The Balaban J connectivity index is 2.13. The van der Waals surface area contributed by atoms with Crippen molar-refractivity contribution < 1.29 is 4.79 Å². The molecule has 80 valence electrons. The van der Waals surface area contributed by atoms with Gasteiger partial charge < -0.3 is 0 Å². The van der Waals surface area contributed by atoms with Crippen molar-refractivity contribution in [2.45, 2.75) is 52.4 Å². The Hall–Kier alpha value is -0.330. The molecular formula is C13H22O. The summed E-state index contributed by atoms with van der Waals surface area (Å²) in [5.74, 6) is 3.14. The number of ketones is 1. The van der Waals surface area contributed by atoms with Crippen LogP contribution in [0.3, 0.4) is 0 Å². The Morgan fingerprint density at radius 1 is 1.14 bits per heavy atom. The molecule has 0 heterocycles. The highest BCUT2D eigenvalue weighted by Crippen LogP contribution is 2.44. The highest BCUT2D eigenvalue weighted by atomic mass is 16.1. The van der Waals surface area contributed by atoms with Gasteiger partial charge in [-0.15, -0.1) is 0 Å². The van der Waals surface area contributed by atoms with Crippen LogP contribution in [-0.4, -0.2) is 5.78 Å². The van der Waals surface area contributed by atoms with E-state index in [1.807, 2.05) is 0 Å². The van der Waals surface area contributed by atoms with Crippen LogP contribution in [-0.2, 0) is 4.79 Å². The number of carbonyl (C=O) groups is 1. The van der Waals surface area contributed by atoms with Gasteiger partial charge in [-0.25, -0.2) is 0 Å². The van der Waals surface area contributed by atoms with Crippen LogP contribution in [0.5, 0.6) is 0 Å². The van der Waals surface area contributed by atoms with Gasteiger partial charge in [-0.3, -0.25) is 4.79 Å². The minimum absolute atomic E-state index is 0.397. The van der Waals surface area contributed by atoms with Gasteiger partial charge in [0.15, 0.2) is 0 Å². The van der Waals surface area contributed by atoms with Crippen molar-refractivity contribution in [2.24, 2.45) is 23.7 Å². The lowest BCUT2D eigenvalue weighted by Gasteiger charge is -2.42. The van der Waals surface area contributed by atoms with E-state index in [1.54, 1.807) is 0 Å². The summed E-state index contributed by atoms with van der Waals surface area (Å²) >= 11 is 0. The highest BCUT2D eigenvalue weighted by molar-refractivity contribution is 5.82. The van der Waals surface area contributed by atoms with E-state index in [-0.39, 0.29) is 0 Å². The lowest BCUT2D eigenvalue weighted by atomic mass is 9.62. The Labute approximate surface area is 87.3 Å². The Morgan fingerprint density at radius 2 is 1.86 bits per heavy atom. The summed E-state index contributed by atoms with van der Waals surface area (Å²) in [5.41, 5.74) is 0. The molecule has 0 bridgehead atoms. The van der Waals surface area contributed by atoms with Gasteiger partial charge >= 0.3 is 0 Å². The first-order valence-electron chi connectivity index (χ1n) is 6.23. The molecule has 2 rings (SSSR count). The average molecular weight is 194 g/mol. The number of carbonyl (C=O) groups excluding carboxylic acids is 1. The Bertz CT molecular complexity index is 219. The highest BCUT2D eigenvalue weighted by Gasteiger charge is 2.40. The average Bonchev–Trinajstić information content (AvgIpc) is 2.17. The molecule has 0 amide bonds. The summed E-state index contributed by atoms with van der Waals surface area (Å²) in [6.07, 6.45) is 7.52. The van der Waals surface area contributed by atoms with Crippen LogP contribution in [0.15, 0.2) is 0 Å². The normalized spacial score (nSPS) is 38.5. The molecule has 2 fully saturated rings. The molecule has 0 aliphatic heterocycles. The summed E-state index contributed by atoms with van der Waals surface area (Å²) in [4.78, 5) is 11.9. The first kappa shape index (κ1) is 10.2. The van der Waals surface area contributed by atoms with Crippen molar-refractivity contribution in [2.75, 3.05) is 0 Å². The molecule has 3 atom stereocenters. The largest absolute Gasteiger partial charge is 0.299 e. The molecule has 0 spiro atoms. The monoisotopic (exact) mass is 194 g/mol. The third-order valence-electron chi connectivity index (χ3n) is 4.28. The van der Waals surface area contributed by atoms with Gasteiger partial charge in [-0.1, -0.05) is 33.1 Å². The van der Waals surface area contributed by atoms with Crippen LogP contribution < -0.4 is 0 Å². The smallest absolute Gasteiger partial charge is 0.136 e. The maximum absolute atomic E-state index is 11.9. The molecule has 0 N–H and O–H groups in total. The molecular weight excluding hydrogens is 172 g/mol. The van der Waals surface area contributed by atoms with Crippen LogP contribution in [0.2, 0.25) is 0 Å². The third kappa shape index (κ3) is 1.74. The lowest BCUT2D eigenvalue weighted by molar-refractivity contribution is -0.131. The van der Waals surface area contributed by atoms with E-state index < -0.39 is 0 Å². The summed E-state index contributed by atoms with van der Waals surface area (Å²) in [6, 6.07) is 0. The SMILES string of the molecule is CC(C)C1C(=O)CCC2CCCCC21. The van der Waals surface area contributed by atoms with Crippen molar-refractivity contribution in [3.63, 3.8) is 0 Å². The fourth-order valence-corrected chi connectivity index (χ4v) is 3.67. The standard InChI is InChI=1S/C13H22O/c1-9(2)13-11-6-4-3-5-10(11)7-8-12(13)14/h9-11,13H,3-8H2,1-2H3. The van der Waals surface area contributed by atoms with Crippen molar-refractivity contribution in [1.29, 1.82) is 0 Å². The van der Waals surface area contributed by atoms with E-state index in [0.29, 0.717) is 17.6 Å². The molecule has 0 aromatic carbocycles. The molecule has 1 heteroatoms.